The van der Waals surface area contributed by atoms with E-state index in [0.717, 1.165) is 36.9 Å². The van der Waals surface area contributed by atoms with Crippen molar-refractivity contribution in [2.45, 2.75) is 58.3 Å². The molecular weight excluding hydrogens is 304 g/mol. The molecule has 24 heavy (non-hydrogen) atoms. The third-order valence-electron chi connectivity index (χ3n) is 4.49. The lowest BCUT2D eigenvalue weighted by Gasteiger charge is -2.31. The van der Waals surface area contributed by atoms with Crippen molar-refractivity contribution in [3.05, 3.63) is 29.8 Å². The number of carbonyl (C=O) groups excluding carboxylic acids is 1. The molecular formula is C19H30N2O3. The van der Waals surface area contributed by atoms with Gasteiger partial charge in [0.1, 0.15) is 0 Å². The number of amides is 2. The Balaban J connectivity index is 1.87. The summed E-state index contributed by atoms with van der Waals surface area (Å²) in [7, 11) is 1.78. The van der Waals surface area contributed by atoms with Gasteiger partial charge in [-0.3, -0.25) is 0 Å². The van der Waals surface area contributed by atoms with E-state index in [0.29, 0.717) is 13.2 Å². The Bertz CT molecular complexity index is 533. The molecule has 0 heterocycles. The van der Waals surface area contributed by atoms with Gasteiger partial charge in [0, 0.05) is 25.2 Å². The zero-order chi connectivity index (χ0) is 17.5. The largest absolute Gasteiger partial charge is 0.393 e. The van der Waals surface area contributed by atoms with E-state index >= 15 is 0 Å². The summed E-state index contributed by atoms with van der Waals surface area (Å²) in [4.78, 5) is 14.0. The molecule has 1 aliphatic carbocycles. The highest BCUT2D eigenvalue weighted by Crippen LogP contribution is 2.25. The summed E-state index contributed by atoms with van der Waals surface area (Å²) in [6.07, 6.45) is 3.94. The van der Waals surface area contributed by atoms with E-state index in [9.17, 15) is 9.90 Å². The number of benzene rings is 1. The molecule has 0 bridgehead atoms. The van der Waals surface area contributed by atoms with Crippen LogP contribution >= 0.6 is 0 Å². The minimum absolute atomic E-state index is 0.144. The van der Waals surface area contributed by atoms with Gasteiger partial charge in [-0.05, 0) is 44.4 Å². The van der Waals surface area contributed by atoms with Crippen molar-refractivity contribution in [3.8, 4) is 0 Å². The van der Waals surface area contributed by atoms with Crippen molar-refractivity contribution in [1.82, 2.24) is 4.90 Å². The van der Waals surface area contributed by atoms with E-state index in [2.05, 4.69) is 5.32 Å². The van der Waals surface area contributed by atoms with Crippen LogP contribution in [-0.4, -0.2) is 41.8 Å². The normalized spacial score (nSPS) is 20.9. The highest BCUT2D eigenvalue weighted by molar-refractivity contribution is 5.89. The van der Waals surface area contributed by atoms with Gasteiger partial charge in [-0.15, -0.1) is 0 Å². The summed E-state index contributed by atoms with van der Waals surface area (Å²) < 4.78 is 5.60. The SMILES string of the molecule is CC(C)OCc1cccc(NC(=O)N(C)C[C@H]2CCCC[C@@H]2O)c1. The molecule has 2 atom stereocenters. The average Bonchev–Trinajstić information content (AvgIpc) is 2.55. The monoisotopic (exact) mass is 334 g/mol. The predicted molar refractivity (Wildman–Crippen MR) is 96.0 cm³/mol. The second kappa shape index (κ2) is 9.04. The van der Waals surface area contributed by atoms with Crippen LogP contribution in [0.15, 0.2) is 24.3 Å². The van der Waals surface area contributed by atoms with Gasteiger partial charge >= 0.3 is 6.03 Å². The number of aliphatic hydroxyl groups is 1. The lowest BCUT2D eigenvalue weighted by atomic mass is 9.86. The van der Waals surface area contributed by atoms with Crippen LogP contribution < -0.4 is 5.32 Å². The number of hydrogen-bond donors (Lipinski definition) is 2. The summed E-state index contributed by atoms with van der Waals surface area (Å²) in [5.74, 6) is 0.181. The van der Waals surface area contributed by atoms with Crippen LogP contribution in [0.5, 0.6) is 0 Å². The molecule has 5 nitrogen and oxygen atoms in total. The van der Waals surface area contributed by atoms with E-state index in [1.807, 2.05) is 38.1 Å². The van der Waals surface area contributed by atoms with Crippen LogP contribution in [0.1, 0.15) is 45.1 Å². The van der Waals surface area contributed by atoms with Gasteiger partial charge in [-0.25, -0.2) is 4.79 Å². The van der Waals surface area contributed by atoms with Gasteiger partial charge in [0.25, 0.3) is 0 Å². The van der Waals surface area contributed by atoms with Crippen LogP contribution in [0, 0.1) is 5.92 Å². The summed E-state index contributed by atoms with van der Waals surface area (Å²) in [5, 5.41) is 13.0. The Morgan fingerprint density at radius 1 is 1.38 bits per heavy atom. The highest BCUT2D eigenvalue weighted by Gasteiger charge is 2.25. The number of ether oxygens (including phenoxy) is 1. The number of rotatable bonds is 6. The number of urea groups is 1. The fourth-order valence-corrected chi connectivity index (χ4v) is 3.06. The van der Waals surface area contributed by atoms with Crippen molar-refractivity contribution in [3.63, 3.8) is 0 Å². The lowest BCUT2D eigenvalue weighted by molar-refractivity contribution is 0.0575. The second-order valence-corrected chi connectivity index (χ2v) is 6.98. The van der Waals surface area contributed by atoms with E-state index in [-0.39, 0.29) is 24.2 Å². The first-order valence-electron chi connectivity index (χ1n) is 8.86. The van der Waals surface area contributed by atoms with Gasteiger partial charge in [-0.1, -0.05) is 25.0 Å². The van der Waals surface area contributed by atoms with Crippen LogP contribution in [-0.2, 0) is 11.3 Å². The third kappa shape index (κ3) is 5.80. The average molecular weight is 334 g/mol. The molecule has 1 aromatic rings. The molecule has 0 radical (unpaired) electrons. The van der Waals surface area contributed by atoms with E-state index in [1.54, 1.807) is 11.9 Å². The second-order valence-electron chi connectivity index (χ2n) is 6.98. The van der Waals surface area contributed by atoms with Crippen molar-refractivity contribution < 1.29 is 14.6 Å². The molecule has 0 spiro atoms. The lowest BCUT2D eigenvalue weighted by Crippen LogP contribution is -2.40. The first-order valence-corrected chi connectivity index (χ1v) is 8.86. The Morgan fingerprint density at radius 2 is 2.12 bits per heavy atom. The zero-order valence-electron chi connectivity index (χ0n) is 15.0. The maximum atomic E-state index is 12.4. The summed E-state index contributed by atoms with van der Waals surface area (Å²) in [6.45, 7) is 5.12. The summed E-state index contributed by atoms with van der Waals surface area (Å²) >= 11 is 0. The van der Waals surface area contributed by atoms with Crippen LogP contribution in [0.3, 0.4) is 0 Å². The first-order chi connectivity index (χ1) is 11.5. The third-order valence-corrected chi connectivity index (χ3v) is 4.49. The molecule has 1 aromatic carbocycles. The number of nitrogens with one attached hydrogen (secondary N) is 1. The molecule has 2 rings (SSSR count). The molecule has 0 aromatic heterocycles. The molecule has 1 fully saturated rings. The summed E-state index contributed by atoms with van der Waals surface area (Å²) in [6, 6.07) is 7.57. The fourth-order valence-electron chi connectivity index (χ4n) is 3.06. The number of carbonyl (C=O) groups is 1. The maximum Gasteiger partial charge on any atom is 0.321 e. The number of hydrogen-bond acceptors (Lipinski definition) is 3. The zero-order valence-corrected chi connectivity index (χ0v) is 15.0. The maximum absolute atomic E-state index is 12.4. The number of nitrogens with zero attached hydrogens (tertiary/aromatic N) is 1. The Kier molecular flexibility index (Phi) is 7.06. The van der Waals surface area contributed by atoms with E-state index in [4.69, 9.17) is 4.74 Å². The highest BCUT2D eigenvalue weighted by atomic mass is 16.5. The summed E-state index contributed by atoms with van der Waals surface area (Å²) in [5.41, 5.74) is 1.80. The minimum Gasteiger partial charge on any atom is -0.393 e. The van der Waals surface area contributed by atoms with Gasteiger partial charge in [0.15, 0.2) is 0 Å². The molecule has 1 aliphatic rings. The molecule has 2 N–H and O–H groups in total. The number of aliphatic hydroxyl groups excluding tert-OH is 1. The van der Waals surface area contributed by atoms with E-state index < -0.39 is 0 Å². The van der Waals surface area contributed by atoms with Crippen LogP contribution in [0.4, 0.5) is 10.5 Å². The van der Waals surface area contributed by atoms with Gasteiger partial charge in [-0.2, -0.15) is 0 Å². The standard InChI is InChI=1S/C19H30N2O3/c1-14(2)24-13-15-7-6-9-17(11-15)20-19(23)21(3)12-16-8-4-5-10-18(16)22/h6-7,9,11,14,16,18,22H,4-5,8,10,12-13H2,1-3H3,(H,20,23)/t16-,18+/m1/s1. The molecule has 0 unspecified atom stereocenters. The fraction of sp³-hybridized carbons (Fsp3) is 0.632. The van der Waals surface area contributed by atoms with Crippen molar-refractivity contribution >= 4 is 11.7 Å². The Morgan fingerprint density at radius 3 is 2.83 bits per heavy atom. The molecule has 5 heteroatoms. The molecule has 134 valence electrons. The topological polar surface area (TPSA) is 61.8 Å². The number of anilines is 1. The van der Waals surface area contributed by atoms with Crippen molar-refractivity contribution in [1.29, 1.82) is 0 Å². The van der Waals surface area contributed by atoms with Crippen molar-refractivity contribution in [2.24, 2.45) is 5.92 Å². The van der Waals surface area contributed by atoms with Crippen molar-refractivity contribution in [2.75, 3.05) is 18.9 Å². The van der Waals surface area contributed by atoms with Gasteiger partial charge in [0.2, 0.25) is 0 Å². The first kappa shape index (κ1) is 18.7. The van der Waals surface area contributed by atoms with Crippen LogP contribution in [0.25, 0.3) is 0 Å². The van der Waals surface area contributed by atoms with Gasteiger partial charge < -0.3 is 20.1 Å². The quantitative estimate of drug-likeness (QED) is 0.835. The molecule has 0 saturated heterocycles. The Labute approximate surface area is 145 Å². The van der Waals surface area contributed by atoms with E-state index in [1.165, 1.54) is 0 Å². The molecule has 0 aliphatic heterocycles. The predicted octanol–water partition coefficient (Wildman–Crippen LogP) is 3.63. The molecule has 2 amide bonds. The minimum atomic E-state index is -0.287. The molecule has 1 saturated carbocycles. The Hall–Kier alpha value is -1.59. The smallest absolute Gasteiger partial charge is 0.321 e. The van der Waals surface area contributed by atoms with Gasteiger partial charge in [0.05, 0.1) is 18.8 Å². The van der Waals surface area contributed by atoms with Crippen LogP contribution in [0.2, 0.25) is 0 Å².